The van der Waals surface area contributed by atoms with Gasteiger partial charge in [-0.25, -0.2) is 9.69 Å². The summed E-state index contributed by atoms with van der Waals surface area (Å²) in [7, 11) is 0. The molecule has 1 saturated heterocycles. The first kappa shape index (κ1) is 18.7. The molecule has 0 spiro atoms. The molecule has 1 aliphatic heterocycles. The minimum absolute atomic E-state index is 0.0903. The standard InChI is InChI=1S/C16H16F3N3O3/c1-15(2)13(24)22(14(25)21(15)6-3-7-23)11-5-4-10(9-20)12(8-11)16(17,18)19/h4-5,8,23H,3,6-7H2,1-2H3. The molecular weight excluding hydrogens is 339 g/mol. The van der Waals surface area contributed by atoms with Gasteiger partial charge >= 0.3 is 12.2 Å². The fraction of sp³-hybridized carbons (Fsp3) is 0.438. The van der Waals surface area contributed by atoms with E-state index < -0.39 is 34.8 Å². The maximum absolute atomic E-state index is 13.1. The van der Waals surface area contributed by atoms with E-state index in [2.05, 4.69) is 0 Å². The second kappa shape index (κ2) is 6.37. The number of benzene rings is 1. The van der Waals surface area contributed by atoms with E-state index in [0.29, 0.717) is 11.0 Å². The summed E-state index contributed by atoms with van der Waals surface area (Å²) in [5.41, 5.74) is -3.30. The number of aliphatic hydroxyl groups excluding tert-OH is 1. The number of amides is 3. The third-order valence-corrected chi connectivity index (χ3v) is 4.05. The van der Waals surface area contributed by atoms with Crippen molar-refractivity contribution in [3.8, 4) is 6.07 Å². The summed E-state index contributed by atoms with van der Waals surface area (Å²) in [6.45, 7) is 2.87. The van der Waals surface area contributed by atoms with Gasteiger partial charge in [0, 0.05) is 13.2 Å². The highest BCUT2D eigenvalue weighted by atomic mass is 19.4. The minimum atomic E-state index is -4.79. The van der Waals surface area contributed by atoms with Gasteiger partial charge in [-0.2, -0.15) is 18.4 Å². The number of anilines is 1. The number of carbonyl (C=O) groups excluding carboxylic acids is 2. The Balaban J connectivity index is 2.50. The van der Waals surface area contributed by atoms with Gasteiger partial charge in [0.05, 0.1) is 22.9 Å². The molecule has 0 aromatic heterocycles. The predicted molar refractivity (Wildman–Crippen MR) is 81.5 cm³/mol. The molecule has 0 aliphatic carbocycles. The SMILES string of the molecule is CC1(C)C(=O)N(c2ccc(C#N)c(C(F)(F)F)c2)C(=O)N1CCCO. The van der Waals surface area contributed by atoms with E-state index in [-0.39, 0.29) is 25.3 Å². The van der Waals surface area contributed by atoms with Crippen LogP contribution in [0.15, 0.2) is 18.2 Å². The van der Waals surface area contributed by atoms with Gasteiger partial charge in [-0.05, 0) is 38.5 Å². The van der Waals surface area contributed by atoms with Crippen LogP contribution in [0.3, 0.4) is 0 Å². The Labute approximate surface area is 142 Å². The number of carbonyl (C=O) groups is 2. The van der Waals surface area contributed by atoms with E-state index in [0.717, 1.165) is 12.1 Å². The molecule has 1 heterocycles. The Hall–Kier alpha value is -2.60. The Bertz CT molecular complexity index is 753. The second-order valence-corrected chi connectivity index (χ2v) is 6.05. The highest BCUT2D eigenvalue weighted by Crippen LogP contribution is 2.37. The van der Waals surface area contributed by atoms with Crippen LogP contribution in [0.25, 0.3) is 0 Å². The Morgan fingerprint density at radius 3 is 2.44 bits per heavy atom. The van der Waals surface area contributed by atoms with Crippen LogP contribution in [0.4, 0.5) is 23.7 Å². The molecule has 0 saturated carbocycles. The molecule has 1 fully saturated rings. The third-order valence-electron chi connectivity index (χ3n) is 4.05. The summed E-state index contributed by atoms with van der Waals surface area (Å²) >= 11 is 0. The van der Waals surface area contributed by atoms with Crippen LogP contribution in [-0.2, 0) is 11.0 Å². The molecule has 1 aromatic carbocycles. The van der Waals surface area contributed by atoms with Crippen molar-refractivity contribution in [2.45, 2.75) is 32.0 Å². The Kier molecular flexibility index (Phi) is 4.77. The molecule has 3 amide bonds. The summed E-state index contributed by atoms with van der Waals surface area (Å²) in [5, 5.41) is 17.8. The number of rotatable bonds is 4. The van der Waals surface area contributed by atoms with Crippen LogP contribution in [0, 0.1) is 11.3 Å². The number of imide groups is 1. The first-order chi connectivity index (χ1) is 11.6. The van der Waals surface area contributed by atoms with E-state index in [1.54, 1.807) is 0 Å². The zero-order chi connectivity index (χ0) is 19.0. The quantitative estimate of drug-likeness (QED) is 0.841. The Morgan fingerprint density at radius 1 is 1.28 bits per heavy atom. The summed E-state index contributed by atoms with van der Waals surface area (Å²) in [5.74, 6) is -0.673. The van der Waals surface area contributed by atoms with Crippen molar-refractivity contribution >= 4 is 17.6 Å². The zero-order valence-corrected chi connectivity index (χ0v) is 13.6. The van der Waals surface area contributed by atoms with Crippen molar-refractivity contribution in [2.24, 2.45) is 0 Å². The van der Waals surface area contributed by atoms with Crippen LogP contribution in [0.1, 0.15) is 31.4 Å². The number of alkyl halides is 3. The first-order valence-corrected chi connectivity index (χ1v) is 7.44. The molecule has 25 heavy (non-hydrogen) atoms. The lowest BCUT2D eigenvalue weighted by atomic mass is 10.0. The lowest BCUT2D eigenvalue weighted by Crippen LogP contribution is -2.44. The average Bonchev–Trinajstić information content (AvgIpc) is 2.70. The van der Waals surface area contributed by atoms with Crippen LogP contribution < -0.4 is 4.90 Å². The lowest BCUT2D eigenvalue weighted by Gasteiger charge is -2.27. The van der Waals surface area contributed by atoms with Gasteiger partial charge in [-0.1, -0.05) is 0 Å². The van der Waals surface area contributed by atoms with Crippen LogP contribution in [-0.4, -0.2) is 40.6 Å². The van der Waals surface area contributed by atoms with E-state index in [9.17, 15) is 22.8 Å². The molecule has 1 aromatic rings. The fourth-order valence-corrected chi connectivity index (χ4v) is 2.67. The van der Waals surface area contributed by atoms with Crippen molar-refractivity contribution in [1.29, 1.82) is 5.26 Å². The van der Waals surface area contributed by atoms with Gasteiger partial charge in [0.25, 0.3) is 5.91 Å². The minimum Gasteiger partial charge on any atom is -0.396 e. The second-order valence-electron chi connectivity index (χ2n) is 6.05. The molecule has 0 atom stereocenters. The molecular formula is C16H16F3N3O3. The highest BCUT2D eigenvalue weighted by Gasteiger charge is 2.51. The number of nitrogens with zero attached hydrogens (tertiary/aromatic N) is 3. The van der Waals surface area contributed by atoms with Gasteiger partial charge in [0.15, 0.2) is 0 Å². The largest absolute Gasteiger partial charge is 0.417 e. The van der Waals surface area contributed by atoms with Gasteiger partial charge in [0.2, 0.25) is 0 Å². The number of hydrogen-bond donors (Lipinski definition) is 1. The monoisotopic (exact) mass is 355 g/mol. The highest BCUT2D eigenvalue weighted by molar-refractivity contribution is 6.23. The molecule has 134 valence electrons. The normalized spacial score (nSPS) is 17.2. The summed E-state index contributed by atoms with van der Waals surface area (Å²) in [6.07, 6.45) is -4.56. The van der Waals surface area contributed by atoms with Crippen LogP contribution >= 0.6 is 0 Å². The molecule has 1 N–H and O–H groups in total. The molecule has 2 rings (SSSR count). The molecule has 0 radical (unpaired) electrons. The topological polar surface area (TPSA) is 84.6 Å². The first-order valence-electron chi connectivity index (χ1n) is 7.44. The van der Waals surface area contributed by atoms with E-state index in [4.69, 9.17) is 10.4 Å². The van der Waals surface area contributed by atoms with E-state index >= 15 is 0 Å². The number of hydrogen-bond acceptors (Lipinski definition) is 4. The smallest absolute Gasteiger partial charge is 0.396 e. The molecule has 9 heteroatoms. The number of halogens is 3. The van der Waals surface area contributed by atoms with Crippen molar-refractivity contribution in [3.05, 3.63) is 29.3 Å². The van der Waals surface area contributed by atoms with Crippen LogP contribution in [0.5, 0.6) is 0 Å². The summed E-state index contributed by atoms with van der Waals surface area (Å²) in [4.78, 5) is 27.0. The lowest BCUT2D eigenvalue weighted by molar-refractivity contribution is -0.137. The molecule has 0 bridgehead atoms. The van der Waals surface area contributed by atoms with E-state index in [1.807, 2.05) is 0 Å². The molecule has 6 nitrogen and oxygen atoms in total. The maximum Gasteiger partial charge on any atom is 0.417 e. The third kappa shape index (κ3) is 3.17. The predicted octanol–water partition coefficient (Wildman–Crippen LogP) is 2.51. The Morgan fingerprint density at radius 2 is 1.92 bits per heavy atom. The number of nitriles is 1. The van der Waals surface area contributed by atoms with Gasteiger partial charge < -0.3 is 10.0 Å². The van der Waals surface area contributed by atoms with Gasteiger partial charge in [-0.3, -0.25) is 4.79 Å². The van der Waals surface area contributed by atoms with Crippen molar-refractivity contribution in [2.75, 3.05) is 18.1 Å². The van der Waals surface area contributed by atoms with Gasteiger partial charge in [0.1, 0.15) is 5.54 Å². The molecule has 0 unspecified atom stereocenters. The van der Waals surface area contributed by atoms with Gasteiger partial charge in [-0.15, -0.1) is 0 Å². The summed E-state index contributed by atoms with van der Waals surface area (Å²) in [6, 6.07) is 3.38. The average molecular weight is 355 g/mol. The van der Waals surface area contributed by atoms with Crippen molar-refractivity contribution in [1.82, 2.24) is 4.90 Å². The van der Waals surface area contributed by atoms with E-state index in [1.165, 1.54) is 24.8 Å². The van der Waals surface area contributed by atoms with Crippen molar-refractivity contribution in [3.63, 3.8) is 0 Å². The van der Waals surface area contributed by atoms with Crippen LogP contribution in [0.2, 0.25) is 0 Å². The fourth-order valence-electron chi connectivity index (χ4n) is 2.67. The maximum atomic E-state index is 13.1. The summed E-state index contributed by atoms with van der Waals surface area (Å²) < 4.78 is 39.3. The van der Waals surface area contributed by atoms with Crippen molar-refractivity contribution < 1.29 is 27.9 Å². The number of urea groups is 1. The molecule has 1 aliphatic rings. The number of aliphatic hydroxyl groups is 1. The zero-order valence-electron chi connectivity index (χ0n) is 13.6.